The Morgan fingerprint density at radius 3 is 3.15 bits per heavy atom. The van der Waals surface area contributed by atoms with Crippen LogP contribution in [0.15, 0.2) is 18.3 Å². The maximum absolute atomic E-state index is 11.3. The first kappa shape index (κ1) is 9.47. The molecule has 1 aromatic rings. The van der Waals surface area contributed by atoms with E-state index in [9.17, 15) is 4.79 Å². The van der Waals surface area contributed by atoms with Crippen LogP contribution in [0, 0.1) is 0 Å². The Morgan fingerprint density at radius 1 is 1.77 bits per heavy atom. The maximum atomic E-state index is 11.3. The molecule has 1 amide bonds. The average molecular weight is 181 g/mol. The molecule has 5 heteroatoms. The highest BCUT2D eigenvalue weighted by Gasteiger charge is 2.08. The van der Waals surface area contributed by atoms with Gasteiger partial charge in [-0.1, -0.05) is 0 Å². The molecule has 5 nitrogen and oxygen atoms in total. The first-order chi connectivity index (χ1) is 6.25. The van der Waals surface area contributed by atoms with E-state index in [4.69, 9.17) is 10.6 Å². The number of nitrogen functional groups attached to an aromatic ring is 1. The fourth-order valence-electron chi connectivity index (χ4n) is 0.802. The lowest BCUT2D eigenvalue weighted by atomic mass is 10.2. The quantitative estimate of drug-likeness (QED) is 0.659. The van der Waals surface area contributed by atoms with Gasteiger partial charge in [0, 0.05) is 6.20 Å². The number of aromatic nitrogens is 1. The van der Waals surface area contributed by atoms with E-state index >= 15 is 0 Å². The highest BCUT2D eigenvalue weighted by molar-refractivity contribution is 5.97. The summed E-state index contributed by atoms with van der Waals surface area (Å²) >= 11 is 0. The van der Waals surface area contributed by atoms with Gasteiger partial charge in [0.05, 0.1) is 12.2 Å². The van der Waals surface area contributed by atoms with Gasteiger partial charge in [0.25, 0.3) is 5.91 Å². The zero-order valence-electron chi connectivity index (χ0n) is 7.28. The monoisotopic (exact) mass is 181 g/mol. The Bertz CT molecular complexity index is 301. The van der Waals surface area contributed by atoms with Crippen molar-refractivity contribution in [3.05, 3.63) is 23.9 Å². The van der Waals surface area contributed by atoms with E-state index in [1.807, 2.05) is 0 Å². The van der Waals surface area contributed by atoms with Gasteiger partial charge in [-0.2, -0.15) is 0 Å². The van der Waals surface area contributed by atoms with Crippen molar-refractivity contribution < 1.29 is 9.63 Å². The summed E-state index contributed by atoms with van der Waals surface area (Å²) in [6, 6.07) is 3.22. The van der Waals surface area contributed by atoms with E-state index in [1.165, 1.54) is 6.20 Å². The molecule has 0 aromatic carbocycles. The molecule has 0 aliphatic rings. The Morgan fingerprint density at radius 2 is 2.54 bits per heavy atom. The third kappa shape index (κ3) is 2.41. The summed E-state index contributed by atoms with van der Waals surface area (Å²) in [6.45, 7) is 2.18. The number of hydrogen-bond acceptors (Lipinski definition) is 4. The largest absolute Gasteiger partial charge is 0.383 e. The van der Waals surface area contributed by atoms with Crippen LogP contribution >= 0.6 is 0 Å². The molecule has 0 unspecified atom stereocenters. The molecule has 0 saturated carbocycles. The van der Waals surface area contributed by atoms with E-state index in [0.29, 0.717) is 12.2 Å². The molecule has 1 heterocycles. The standard InChI is InChI=1S/C8H11N3O2/c1-2-13-11-8(12)6-4-3-5-10-7(6)9/h3-5H,2H2,1H3,(H2,9,10)(H,11,12). The number of anilines is 1. The number of rotatable bonds is 3. The molecule has 0 fully saturated rings. The molecule has 0 aliphatic heterocycles. The van der Waals surface area contributed by atoms with Crippen molar-refractivity contribution in [1.29, 1.82) is 0 Å². The summed E-state index contributed by atoms with van der Waals surface area (Å²) in [5.74, 6) is -0.188. The Balaban J connectivity index is 2.71. The zero-order chi connectivity index (χ0) is 9.68. The highest BCUT2D eigenvalue weighted by Crippen LogP contribution is 2.05. The molecule has 1 aromatic heterocycles. The minimum Gasteiger partial charge on any atom is -0.383 e. The van der Waals surface area contributed by atoms with Crippen molar-refractivity contribution in [2.45, 2.75) is 6.92 Å². The molecule has 3 N–H and O–H groups in total. The summed E-state index contributed by atoms with van der Waals surface area (Å²) in [5.41, 5.74) is 8.01. The number of carbonyl (C=O) groups excluding carboxylic acids is 1. The molecule has 0 radical (unpaired) electrons. The lowest BCUT2D eigenvalue weighted by molar-refractivity contribution is 0.0365. The Kier molecular flexibility index (Phi) is 3.22. The second kappa shape index (κ2) is 4.42. The number of amides is 1. The fourth-order valence-corrected chi connectivity index (χ4v) is 0.802. The van der Waals surface area contributed by atoms with Gasteiger partial charge in [-0.3, -0.25) is 9.63 Å². The van der Waals surface area contributed by atoms with Gasteiger partial charge in [0.1, 0.15) is 5.82 Å². The Hall–Kier alpha value is -1.62. The summed E-state index contributed by atoms with van der Waals surface area (Å²) < 4.78 is 0. The van der Waals surface area contributed by atoms with E-state index in [2.05, 4.69) is 10.5 Å². The first-order valence-electron chi connectivity index (χ1n) is 3.88. The van der Waals surface area contributed by atoms with Gasteiger partial charge in [-0.05, 0) is 19.1 Å². The van der Waals surface area contributed by atoms with Gasteiger partial charge in [-0.15, -0.1) is 0 Å². The van der Waals surface area contributed by atoms with E-state index in [0.717, 1.165) is 0 Å². The molecular weight excluding hydrogens is 170 g/mol. The molecule has 0 saturated heterocycles. The second-order valence-corrected chi connectivity index (χ2v) is 2.30. The normalized spacial score (nSPS) is 9.62. The topological polar surface area (TPSA) is 77.2 Å². The number of pyridine rings is 1. The number of hydrogen-bond donors (Lipinski definition) is 2. The molecule has 1 rings (SSSR count). The van der Waals surface area contributed by atoms with E-state index < -0.39 is 0 Å². The zero-order valence-corrected chi connectivity index (χ0v) is 7.28. The van der Waals surface area contributed by atoms with E-state index in [-0.39, 0.29) is 11.7 Å². The predicted molar refractivity (Wildman–Crippen MR) is 47.7 cm³/mol. The smallest absolute Gasteiger partial charge is 0.278 e. The van der Waals surface area contributed by atoms with Gasteiger partial charge in [0.2, 0.25) is 0 Å². The van der Waals surface area contributed by atoms with Crippen LogP contribution < -0.4 is 11.2 Å². The summed E-state index contributed by atoms with van der Waals surface area (Å²) in [4.78, 5) is 19.8. The van der Waals surface area contributed by atoms with Crippen molar-refractivity contribution >= 4 is 11.7 Å². The molecule has 13 heavy (non-hydrogen) atoms. The number of nitrogens with one attached hydrogen (secondary N) is 1. The number of hydroxylamine groups is 1. The second-order valence-electron chi connectivity index (χ2n) is 2.30. The lowest BCUT2D eigenvalue weighted by Crippen LogP contribution is -2.24. The van der Waals surface area contributed by atoms with Gasteiger partial charge >= 0.3 is 0 Å². The third-order valence-corrected chi connectivity index (χ3v) is 1.39. The van der Waals surface area contributed by atoms with Gasteiger partial charge in [0.15, 0.2) is 0 Å². The fraction of sp³-hybridized carbons (Fsp3) is 0.250. The van der Waals surface area contributed by atoms with Gasteiger partial charge in [-0.25, -0.2) is 10.5 Å². The van der Waals surface area contributed by atoms with Crippen LogP contribution in [0.25, 0.3) is 0 Å². The van der Waals surface area contributed by atoms with Crippen molar-refractivity contribution in [2.75, 3.05) is 12.3 Å². The molecule has 0 spiro atoms. The van der Waals surface area contributed by atoms with Gasteiger partial charge < -0.3 is 5.73 Å². The lowest BCUT2D eigenvalue weighted by Gasteiger charge is -2.04. The molecule has 0 aliphatic carbocycles. The van der Waals surface area contributed by atoms with Crippen molar-refractivity contribution in [3.8, 4) is 0 Å². The SMILES string of the molecule is CCONC(=O)c1cccnc1N. The number of nitrogens with zero attached hydrogens (tertiary/aromatic N) is 1. The van der Waals surface area contributed by atoms with Crippen LogP contribution in [-0.2, 0) is 4.84 Å². The molecule has 70 valence electrons. The highest BCUT2D eigenvalue weighted by atomic mass is 16.6. The first-order valence-corrected chi connectivity index (χ1v) is 3.88. The van der Waals surface area contributed by atoms with Crippen LogP contribution in [-0.4, -0.2) is 17.5 Å². The minimum atomic E-state index is -0.382. The molecular formula is C8H11N3O2. The van der Waals surface area contributed by atoms with Crippen LogP contribution in [0.4, 0.5) is 5.82 Å². The van der Waals surface area contributed by atoms with Crippen LogP contribution in [0.2, 0.25) is 0 Å². The van der Waals surface area contributed by atoms with E-state index in [1.54, 1.807) is 19.1 Å². The summed E-state index contributed by atoms with van der Waals surface area (Å²) in [6.07, 6.45) is 1.52. The summed E-state index contributed by atoms with van der Waals surface area (Å²) in [5, 5.41) is 0. The van der Waals surface area contributed by atoms with Crippen LogP contribution in [0.3, 0.4) is 0 Å². The minimum absolute atomic E-state index is 0.194. The molecule has 0 bridgehead atoms. The van der Waals surface area contributed by atoms with Crippen LogP contribution in [0.5, 0.6) is 0 Å². The maximum Gasteiger partial charge on any atom is 0.278 e. The average Bonchev–Trinajstić information content (AvgIpc) is 2.15. The number of nitrogens with two attached hydrogens (primary N) is 1. The Labute approximate surface area is 75.9 Å². The van der Waals surface area contributed by atoms with Crippen molar-refractivity contribution in [1.82, 2.24) is 10.5 Å². The van der Waals surface area contributed by atoms with Crippen molar-refractivity contribution in [3.63, 3.8) is 0 Å². The summed E-state index contributed by atoms with van der Waals surface area (Å²) in [7, 11) is 0. The van der Waals surface area contributed by atoms with Crippen molar-refractivity contribution in [2.24, 2.45) is 0 Å². The third-order valence-electron chi connectivity index (χ3n) is 1.39. The predicted octanol–water partition coefficient (Wildman–Crippen LogP) is 0.345. The van der Waals surface area contributed by atoms with Crippen LogP contribution in [0.1, 0.15) is 17.3 Å². The number of carbonyl (C=O) groups is 1. The molecule has 0 atom stereocenters.